The number of primary sulfonamides is 1. The lowest BCUT2D eigenvalue weighted by Crippen LogP contribution is -2.28. The molecule has 1 saturated heterocycles. The maximum absolute atomic E-state index is 12.0. The number of sulfonamides is 1. The Balaban J connectivity index is 2.34. The quantitative estimate of drug-likeness (QED) is 0.477. The average molecular weight is 335 g/mol. The highest BCUT2D eigenvalue weighted by Gasteiger charge is 2.36. The molecule has 1 aromatic rings. The normalized spacial score (nSPS) is 19.0. The molecule has 1 aliphatic rings. The van der Waals surface area contributed by atoms with E-state index in [1.807, 2.05) is 0 Å². The van der Waals surface area contributed by atoms with Crippen molar-refractivity contribution < 1.29 is 18.1 Å². The second-order valence-corrected chi connectivity index (χ2v) is 6.65. The summed E-state index contributed by atoms with van der Waals surface area (Å²) >= 11 is 5.69. The van der Waals surface area contributed by atoms with Gasteiger partial charge in [0.1, 0.15) is 5.69 Å². The fourth-order valence-corrected chi connectivity index (χ4v) is 3.36. The number of aromatic nitrogens is 1. The molecule has 114 valence electrons. The van der Waals surface area contributed by atoms with E-state index < -0.39 is 32.5 Å². The van der Waals surface area contributed by atoms with Gasteiger partial charge in [-0.2, -0.15) is 0 Å². The Morgan fingerprint density at radius 3 is 2.81 bits per heavy atom. The molecule has 1 aromatic heterocycles. The van der Waals surface area contributed by atoms with Crippen molar-refractivity contribution in [2.45, 2.75) is 6.42 Å². The van der Waals surface area contributed by atoms with Gasteiger partial charge < -0.3 is 4.90 Å². The highest BCUT2D eigenvalue weighted by atomic mass is 35.5. The second-order valence-electron chi connectivity index (χ2n) is 4.63. The number of hydrogen-bond donors (Lipinski definition) is 1. The summed E-state index contributed by atoms with van der Waals surface area (Å²) < 4.78 is 22.1. The Morgan fingerprint density at radius 2 is 2.24 bits per heavy atom. The molecule has 0 radical (unpaired) electrons. The van der Waals surface area contributed by atoms with Gasteiger partial charge in [0, 0.05) is 25.1 Å². The molecule has 9 nitrogen and oxygen atoms in total. The molecule has 2 rings (SSSR count). The van der Waals surface area contributed by atoms with E-state index in [1.54, 1.807) is 0 Å². The highest BCUT2D eigenvalue weighted by Crippen LogP contribution is 2.36. The standard InChI is InChI=1S/C10H11ClN4O5S/c11-10-9(15(17)18)7(1-2-13-10)14-4-6(3-8(14)16)5-21(12,19)20/h1-2,6H,3-5H2,(H2,12,19,20). The van der Waals surface area contributed by atoms with Crippen LogP contribution in [0.5, 0.6) is 0 Å². The number of nitrogens with two attached hydrogens (primary N) is 1. The summed E-state index contributed by atoms with van der Waals surface area (Å²) in [6, 6.07) is 1.29. The van der Waals surface area contributed by atoms with Crippen molar-refractivity contribution in [1.29, 1.82) is 0 Å². The third kappa shape index (κ3) is 3.46. The fourth-order valence-electron chi connectivity index (χ4n) is 2.26. The summed E-state index contributed by atoms with van der Waals surface area (Å²) in [7, 11) is -3.72. The number of anilines is 1. The SMILES string of the molecule is NS(=O)(=O)CC1CC(=O)N(c2ccnc(Cl)c2[N+](=O)[O-])C1. The van der Waals surface area contributed by atoms with Gasteiger partial charge in [0.2, 0.25) is 21.1 Å². The van der Waals surface area contributed by atoms with Gasteiger partial charge in [-0.1, -0.05) is 11.6 Å². The fraction of sp³-hybridized carbons (Fsp3) is 0.400. The molecule has 11 heteroatoms. The summed E-state index contributed by atoms with van der Waals surface area (Å²) in [5.41, 5.74) is -0.481. The molecule has 1 fully saturated rings. The van der Waals surface area contributed by atoms with Gasteiger partial charge in [0.25, 0.3) is 0 Å². The number of amides is 1. The lowest BCUT2D eigenvalue weighted by Gasteiger charge is -2.16. The zero-order valence-electron chi connectivity index (χ0n) is 10.6. The Bertz CT molecular complexity index is 707. The Labute approximate surface area is 124 Å². The third-order valence-corrected chi connectivity index (χ3v) is 4.22. The maximum Gasteiger partial charge on any atom is 0.329 e. The van der Waals surface area contributed by atoms with E-state index in [2.05, 4.69) is 4.98 Å². The van der Waals surface area contributed by atoms with Crippen molar-refractivity contribution in [2.24, 2.45) is 11.1 Å². The van der Waals surface area contributed by atoms with Crippen LogP contribution >= 0.6 is 11.6 Å². The minimum atomic E-state index is -3.72. The summed E-state index contributed by atoms with van der Waals surface area (Å²) in [5.74, 6) is -1.30. The average Bonchev–Trinajstić information content (AvgIpc) is 2.66. The van der Waals surface area contributed by atoms with E-state index in [0.29, 0.717) is 0 Å². The molecule has 21 heavy (non-hydrogen) atoms. The van der Waals surface area contributed by atoms with Gasteiger partial charge >= 0.3 is 5.69 Å². The zero-order chi connectivity index (χ0) is 15.8. The zero-order valence-corrected chi connectivity index (χ0v) is 12.2. The predicted molar refractivity (Wildman–Crippen MR) is 74.3 cm³/mol. The minimum Gasteiger partial charge on any atom is -0.306 e. The minimum absolute atomic E-state index is 0.00178. The Morgan fingerprint density at radius 1 is 1.57 bits per heavy atom. The first kappa shape index (κ1) is 15.6. The van der Waals surface area contributed by atoms with Crippen LogP contribution < -0.4 is 10.0 Å². The number of halogens is 1. The molecule has 1 atom stereocenters. The summed E-state index contributed by atoms with van der Waals surface area (Å²) in [5, 5.41) is 15.7. The van der Waals surface area contributed by atoms with Gasteiger partial charge in [-0.15, -0.1) is 0 Å². The molecular weight excluding hydrogens is 324 g/mol. The van der Waals surface area contributed by atoms with Crippen LogP contribution in [0.25, 0.3) is 0 Å². The Hall–Kier alpha value is -1.78. The van der Waals surface area contributed by atoms with Crippen molar-refractivity contribution in [2.75, 3.05) is 17.2 Å². The van der Waals surface area contributed by atoms with Gasteiger partial charge in [-0.3, -0.25) is 14.9 Å². The monoisotopic (exact) mass is 334 g/mol. The number of carbonyl (C=O) groups is 1. The van der Waals surface area contributed by atoms with E-state index in [1.165, 1.54) is 12.3 Å². The number of nitrogens with zero attached hydrogens (tertiary/aromatic N) is 3. The second kappa shape index (κ2) is 5.54. The van der Waals surface area contributed by atoms with Crippen LogP contribution in [-0.4, -0.2) is 36.5 Å². The maximum atomic E-state index is 12.0. The first-order chi connectivity index (χ1) is 9.69. The van der Waals surface area contributed by atoms with Crippen molar-refractivity contribution in [1.82, 2.24) is 4.98 Å². The first-order valence-electron chi connectivity index (χ1n) is 5.79. The number of carbonyl (C=O) groups excluding carboxylic acids is 1. The lowest BCUT2D eigenvalue weighted by atomic mass is 10.1. The smallest absolute Gasteiger partial charge is 0.306 e. The van der Waals surface area contributed by atoms with Crippen LogP contribution in [0.15, 0.2) is 12.3 Å². The topological polar surface area (TPSA) is 136 Å². The van der Waals surface area contributed by atoms with Gasteiger partial charge in [0.15, 0.2) is 0 Å². The number of pyridine rings is 1. The molecule has 0 aromatic carbocycles. The number of hydrogen-bond acceptors (Lipinski definition) is 6. The third-order valence-electron chi connectivity index (χ3n) is 3.00. The lowest BCUT2D eigenvalue weighted by molar-refractivity contribution is -0.384. The molecule has 2 N–H and O–H groups in total. The van der Waals surface area contributed by atoms with E-state index in [0.717, 1.165) is 4.90 Å². The summed E-state index contributed by atoms with van der Waals surface area (Å²) in [6.45, 7) is 0.0243. The van der Waals surface area contributed by atoms with E-state index >= 15 is 0 Å². The molecule has 1 amide bonds. The van der Waals surface area contributed by atoms with Crippen LogP contribution in [0.1, 0.15) is 6.42 Å². The molecule has 0 aliphatic carbocycles. The molecule has 0 saturated carbocycles. The van der Waals surface area contributed by atoms with Gasteiger partial charge in [-0.25, -0.2) is 18.5 Å². The van der Waals surface area contributed by atoms with Crippen LogP contribution in [0.4, 0.5) is 11.4 Å². The predicted octanol–water partition coefficient (Wildman–Crippen LogP) is 0.285. The molecule has 0 bridgehead atoms. The highest BCUT2D eigenvalue weighted by molar-refractivity contribution is 7.89. The number of rotatable bonds is 4. The Kier molecular flexibility index (Phi) is 4.12. The molecule has 0 spiro atoms. The van der Waals surface area contributed by atoms with Gasteiger partial charge in [0.05, 0.1) is 10.7 Å². The van der Waals surface area contributed by atoms with Crippen LogP contribution in [0.2, 0.25) is 5.15 Å². The summed E-state index contributed by atoms with van der Waals surface area (Å²) in [6.07, 6.45) is 1.19. The van der Waals surface area contributed by atoms with E-state index in [9.17, 15) is 23.3 Å². The first-order valence-corrected chi connectivity index (χ1v) is 7.88. The van der Waals surface area contributed by atoms with Crippen molar-refractivity contribution >= 4 is 38.9 Å². The van der Waals surface area contributed by atoms with Crippen molar-refractivity contribution in [3.63, 3.8) is 0 Å². The summed E-state index contributed by atoms with van der Waals surface area (Å²) in [4.78, 5) is 27.0. The van der Waals surface area contributed by atoms with Gasteiger partial charge in [-0.05, 0) is 6.07 Å². The number of nitro groups is 1. The van der Waals surface area contributed by atoms with Crippen LogP contribution in [-0.2, 0) is 14.8 Å². The van der Waals surface area contributed by atoms with E-state index in [4.69, 9.17) is 16.7 Å². The molecule has 1 unspecified atom stereocenters. The molecule has 1 aliphatic heterocycles. The van der Waals surface area contributed by atoms with E-state index in [-0.39, 0.29) is 29.6 Å². The van der Waals surface area contributed by atoms with Crippen LogP contribution in [0, 0.1) is 16.0 Å². The largest absolute Gasteiger partial charge is 0.329 e. The van der Waals surface area contributed by atoms with Crippen LogP contribution in [0.3, 0.4) is 0 Å². The van der Waals surface area contributed by atoms with Crippen molar-refractivity contribution in [3.05, 3.63) is 27.5 Å². The van der Waals surface area contributed by atoms with Crippen molar-refractivity contribution in [3.8, 4) is 0 Å². The molecule has 2 heterocycles. The molecular formula is C10H11ClN4O5S.